The third-order valence-electron chi connectivity index (χ3n) is 3.24. The molecule has 1 rings (SSSR count). The molecule has 118 valence electrons. The maximum atomic E-state index is 14.1. The summed E-state index contributed by atoms with van der Waals surface area (Å²) in [5, 5.41) is -0.505. The van der Waals surface area contributed by atoms with Gasteiger partial charge in [0.15, 0.2) is 0 Å². The molecular formula is C13H14ClF4NO2. The molecule has 0 amide bonds. The minimum Gasteiger partial charge on any atom is -0.469 e. The number of hydrogen-bond acceptors (Lipinski definition) is 3. The van der Waals surface area contributed by atoms with Crippen LogP contribution in [-0.4, -0.2) is 13.1 Å². The Labute approximate surface area is 124 Å². The fourth-order valence-electron chi connectivity index (χ4n) is 1.87. The molecule has 2 N–H and O–H groups in total. The Hall–Kier alpha value is -1.34. The Morgan fingerprint density at radius 2 is 1.86 bits per heavy atom. The van der Waals surface area contributed by atoms with Crippen molar-refractivity contribution in [2.75, 3.05) is 7.11 Å². The lowest BCUT2D eigenvalue weighted by molar-refractivity contribution is -0.153. The fraction of sp³-hybridized carbons (Fsp3) is 0.462. The van der Waals surface area contributed by atoms with Gasteiger partial charge in [0.1, 0.15) is 5.82 Å². The normalized spacial score (nSPS) is 14.0. The van der Waals surface area contributed by atoms with Crippen molar-refractivity contribution in [3.05, 3.63) is 34.1 Å². The number of methoxy groups -OCH3 is 1. The highest BCUT2D eigenvalue weighted by atomic mass is 35.5. The molecule has 0 aliphatic rings. The molecule has 0 aromatic heterocycles. The van der Waals surface area contributed by atoms with E-state index < -0.39 is 45.6 Å². The summed E-state index contributed by atoms with van der Waals surface area (Å²) < 4.78 is 57.6. The van der Waals surface area contributed by atoms with Gasteiger partial charge in [0, 0.05) is 11.6 Å². The van der Waals surface area contributed by atoms with E-state index in [1.165, 1.54) is 13.8 Å². The maximum Gasteiger partial charge on any atom is 0.416 e. The molecule has 0 heterocycles. The zero-order valence-corrected chi connectivity index (χ0v) is 12.3. The van der Waals surface area contributed by atoms with Crippen molar-refractivity contribution in [3.8, 4) is 0 Å². The summed E-state index contributed by atoms with van der Waals surface area (Å²) in [4.78, 5) is 11.7. The molecule has 0 saturated carbocycles. The smallest absolute Gasteiger partial charge is 0.416 e. The first-order valence-electron chi connectivity index (χ1n) is 5.83. The predicted molar refractivity (Wildman–Crippen MR) is 69.1 cm³/mol. The van der Waals surface area contributed by atoms with Crippen molar-refractivity contribution in [1.82, 2.24) is 0 Å². The Balaban J connectivity index is 3.55. The molecule has 0 bridgehead atoms. The fourth-order valence-corrected chi connectivity index (χ4v) is 2.03. The van der Waals surface area contributed by atoms with Crippen LogP contribution in [0.15, 0.2) is 12.1 Å². The first-order chi connectivity index (χ1) is 9.44. The molecule has 8 heteroatoms. The molecule has 0 aliphatic carbocycles. The van der Waals surface area contributed by atoms with E-state index in [1.54, 1.807) is 0 Å². The predicted octanol–water partition coefficient (Wildman–Crippen LogP) is 3.70. The van der Waals surface area contributed by atoms with E-state index >= 15 is 0 Å². The highest BCUT2D eigenvalue weighted by Crippen LogP contribution is 2.42. The Morgan fingerprint density at radius 1 is 1.33 bits per heavy atom. The van der Waals surface area contributed by atoms with Crippen molar-refractivity contribution in [1.29, 1.82) is 0 Å². The Morgan fingerprint density at radius 3 is 2.29 bits per heavy atom. The minimum absolute atomic E-state index is 0.505. The maximum absolute atomic E-state index is 14.1. The average molecular weight is 328 g/mol. The molecule has 0 fully saturated rings. The number of ether oxygens (including phenoxy) is 1. The first kappa shape index (κ1) is 17.7. The van der Waals surface area contributed by atoms with Gasteiger partial charge in [-0.1, -0.05) is 11.6 Å². The molecule has 1 aromatic rings. The summed E-state index contributed by atoms with van der Waals surface area (Å²) in [6.07, 6.45) is -4.83. The number of benzene rings is 1. The van der Waals surface area contributed by atoms with E-state index in [-0.39, 0.29) is 0 Å². The second-order valence-electron chi connectivity index (χ2n) is 5.01. The molecule has 0 spiro atoms. The highest BCUT2D eigenvalue weighted by Gasteiger charge is 2.44. The molecule has 1 aromatic carbocycles. The molecule has 3 nitrogen and oxygen atoms in total. The van der Waals surface area contributed by atoms with Crippen LogP contribution >= 0.6 is 11.6 Å². The number of nitrogens with two attached hydrogens (primary N) is 1. The number of carbonyl (C=O) groups is 1. The summed E-state index contributed by atoms with van der Waals surface area (Å²) in [7, 11) is 1.07. The highest BCUT2D eigenvalue weighted by molar-refractivity contribution is 6.30. The van der Waals surface area contributed by atoms with Gasteiger partial charge < -0.3 is 10.5 Å². The summed E-state index contributed by atoms with van der Waals surface area (Å²) in [5.74, 6) is -2.15. The van der Waals surface area contributed by atoms with Gasteiger partial charge in [0.25, 0.3) is 0 Å². The van der Waals surface area contributed by atoms with Crippen molar-refractivity contribution in [2.24, 2.45) is 11.1 Å². The van der Waals surface area contributed by atoms with Crippen LogP contribution in [0.2, 0.25) is 5.02 Å². The van der Waals surface area contributed by atoms with E-state index in [2.05, 4.69) is 4.74 Å². The third-order valence-corrected chi connectivity index (χ3v) is 3.53. The average Bonchev–Trinajstić information content (AvgIpc) is 2.38. The molecule has 1 atom stereocenters. The summed E-state index contributed by atoms with van der Waals surface area (Å²) >= 11 is 5.53. The molecule has 0 aliphatic heterocycles. The van der Waals surface area contributed by atoms with Crippen molar-refractivity contribution in [3.63, 3.8) is 0 Å². The van der Waals surface area contributed by atoms with Crippen LogP contribution in [0.5, 0.6) is 0 Å². The lowest BCUT2D eigenvalue weighted by Gasteiger charge is -2.31. The number of halogens is 5. The molecule has 0 saturated heterocycles. The van der Waals surface area contributed by atoms with Crippen LogP contribution in [-0.2, 0) is 15.7 Å². The SMILES string of the molecule is COC(=O)C(C)(C)[C@@H](N)c1c(C(F)(F)F)ccc(Cl)c1F. The Kier molecular flexibility index (Phi) is 4.90. The molecule has 0 unspecified atom stereocenters. The van der Waals surface area contributed by atoms with Gasteiger partial charge >= 0.3 is 12.1 Å². The zero-order valence-electron chi connectivity index (χ0n) is 11.5. The van der Waals surface area contributed by atoms with Crippen molar-refractivity contribution < 1.29 is 27.1 Å². The second-order valence-corrected chi connectivity index (χ2v) is 5.42. The van der Waals surface area contributed by atoms with Crippen LogP contribution in [0.3, 0.4) is 0 Å². The van der Waals surface area contributed by atoms with Gasteiger partial charge in [0.05, 0.1) is 23.1 Å². The van der Waals surface area contributed by atoms with E-state index in [4.69, 9.17) is 17.3 Å². The summed E-state index contributed by atoms with van der Waals surface area (Å²) in [5.41, 5.74) is 2.02. The monoisotopic (exact) mass is 327 g/mol. The standard InChI is InChI=1S/C13H14ClF4NO2/c1-12(2,11(20)21-3)10(19)8-6(13(16,17)18)4-5-7(14)9(8)15/h4-5,10H,19H2,1-3H3/t10-/m0/s1. The van der Waals surface area contributed by atoms with E-state index in [1.807, 2.05) is 0 Å². The van der Waals surface area contributed by atoms with E-state index in [0.717, 1.165) is 13.2 Å². The van der Waals surface area contributed by atoms with Crippen molar-refractivity contribution in [2.45, 2.75) is 26.1 Å². The zero-order chi connectivity index (χ0) is 16.6. The summed E-state index contributed by atoms with van der Waals surface area (Å²) in [6.45, 7) is 2.54. The van der Waals surface area contributed by atoms with Crippen LogP contribution in [0.4, 0.5) is 17.6 Å². The van der Waals surface area contributed by atoms with Gasteiger partial charge in [-0.25, -0.2) is 4.39 Å². The van der Waals surface area contributed by atoms with Crippen LogP contribution < -0.4 is 5.73 Å². The second kappa shape index (κ2) is 5.81. The first-order valence-corrected chi connectivity index (χ1v) is 6.21. The summed E-state index contributed by atoms with van der Waals surface area (Å²) in [6, 6.07) is -0.157. The molecular weight excluding hydrogens is 314 g/mol. The van der Waals surface area contributed by atoms with E-state index in [0.29, 0.717) is 6.07 Å². The van der Waals surface area contributed by atoms with Gasteiger partial charge in [-0.05, 0) is 26.0 Å². The topological polar surface area (TPSA) is 52.3 Å². The number of hydrogen-bond donors (Lipinski definition) is 1. The van der Waals surface area contributed by atoms with Crippen LogP contribution in [0, 0.1) is 11.2 Å². The molecule has 21 heavy (non-hydrogen) atoms. The van der Waals surface area contributed by atoms with Gasteiger partial charge in [0.2, 0.25) is 0 Å². The molecule has 0 radical (unpaired) electrons. The van der Waals surface area contributed by atoms with Crippen molar-refractivity contribution >= 4 is 17.6 Å². The van der Waals surface area contributed by atoms with Gasteiger partial charge in [-0.2, -0.15) is 13.2 Å². The van der Waals surface area contributed by atoms with Gasteiger partial charge in [-0.15, -0.1) is 0 Å². The van der Waals surface area contributed by atoms with Crippen LogP contribution in [0.25, 0.3) is 0 Å². The lowest BCUT2D eigenvalue weighted by atomic mass is 9.79. The van der Waals surface area contributed by atoms with E-state index in [9.17, 15) is 22.4 Å². The minimum atomic E-state index is -4.83. The third kappa shape index (κ3) is 3.29. The number of alkyl halides is 3. The quantitative estimate of drug-likeness (QED) is 0.680. The largest absolute Gasteiger partial charge is 0.469 e. The van der Waals surface area contributed by atoms with Crippen LogP contribution in [0.1, 0.15) is 31.0 Å². The number of esters is 1. The number of rotatable bonds is 3. The lowest BCUT2D eigenvalue weighted by Crippen LogP contribution is -2.39. The number of carbonyl (C=O) groups excluding carboxylic acids is 1. The van der Waals surface area contributed by atoms with Gasteiger partial charge in [-0.3, -0.25) is 4.79 Å². The Bertz CT molecular complexity index is 558.